The maximum atomic E-state index is 11.6. The first-order valence-electron chi connectivity index (χ1n) is 6.10. The second-order valence-electron chi connectivity index (χ2n) is 3.95. The first-order chi connectivity index (χ1) is 9.31. The van der Waals surface area contributed by atoms with Gasteiger partial charge in [0.05, 0.1) is 33.0 Å². The van der Waals surface area contributed by atoms with E-state index < -0.39 is 19.1 Å². The lowest BCUT2D eigenvalue weighted by Crippen LogP contribution is -2.31. The van der Waals surface area contributed by atoms with Gasteiger partial charge in [0, 0.05) is 6.04 Å². The van der Waals surface area contributed by atoms with Gasteiger partial charge < -0.3 is 19.5 Å². The largest absolute Gasteiger partial charge is 0.522 e. The molecule has 1 N–H and O–H groups in total. The lowest BCUT2D eigenvalue weighted by molar-refractivity contribution is -0.327. The highest BCUT2D eigenvalue weighted by molar-refractivity contribution is 5.67. The average molecular weight is 303 g/mol. The van der Waals surface area contributed by atoms with Crippen LogP contribution in [0.5, 0.6) is 0 Å². The molecular formula is C11H20F3NO5. The summed E-state index contributed by atoms with van der Waals surface area (Å²) in [5, 5.41) is 2.53. The second kappa shape index (κ2) is 10.7. The van der Waals surface area contributed by atoms with Crippen molar-refractivity contribution < 1.29 is 36.9 Å². The normalized spacial score (nSPS) is 11.7. The van der Waals surface area contributed by atoms with Gasteiger partial charge in [-0.05, 0) is 13.8 Å². The number of hydrogen-bond donors (Lipinski definition) is 1. The van der Waals surface area contributed by atoms with Crippen LogP contribution in [0.15, 0.2) is 0 Å². The molecule has 6 nitrogen and oxygen atoms in total. The third kappa shape index (κ3) is 15.0. The Balaban J connectivity index is 3.19. The fourth-order valence-electron chi connectivity index (χ4n) is 1.01. The summed E-state index contributed by atoms with van der Waals surface area (Å²) in [4.78, 5) is 11.0. The van der Waals surface area contributed by atoms with Crippen LogP contribution in [0.25, 0.3) is 0 Å². The van der Waals surface area contributed by atoms with Gasteiger partial charge in [-0.25, -0.2) is 4.79 Å². The molecule has 120 valence electrons. The number of carbonyl (C=O) groups excluding carboxylic acids is 1. The van der Waals surface area contributed by atoms with E-state index in [0.29, 0.717) is 0 Å². The molecule has 0 saturated heterocycles. The minimum atomic E-state index is -4.63. The van der Waals surface area contributed by atoms with E-state index >= 15 is 0 Å². The van der Waals surface area contributed by atoms with Gasteiger partial charge in [-0.3, -0.25) is 4.74 Å². The molecule has 1 amide bonds. The number of rotatable bonds is 10. The summed E-state index contributed by atoms with van der Waals surface area (Å²) < 4.78 is 52.9. The first kappa shape index (κ1) is 18.9. The van der Waals surface area contributed by atoms with Gasteiger partial charge in [0.2, 0.25) is 0 Å². The molecular weight excluding hydrogens is 283 g/mol. The molecule has 0 unspecified atom stereocenters. The number of hydrogen-bond acceptors (Lipinski definition) is 5. The molecule has 0 aromatic carbocycles. The summed E-state index contributed by atoms with van der Waals surface area (Å²) in [5.74, 6) is 0. The van der Waals surface area contributed by atoms with Crippen LogP contribution in [0, 0.1) is 0 Å². The number of carbonyl (C=O) groups is 1. The average Bonchev–Trinajstić information content (AvgIpc) is 2.29. The second-order valence-corrected chi connectivity index (χ2v) is 3.95. The summed E-state index contributed by atoms with van der Waals surface area (Å²) in [6.45, 7) is 3.50. The van der Waals surface area contributed by atoms with Crippen LogP contribution in [-0.4, -0.2) is 58.1 Å². The van der Waals surface area contributed by atoms with Crippen LogP contribution in [0.1, 0.15) is 13.8 Å². The Kier molecular flexibility index (Phi) is 10.1. The van der Waals surface area contributed by atoms with Crippen molar-refractivity contribution in [2.24, 2.45) is 0 Å². The van der Waals surface area contributed by atoms with Crippen molar-refractivity contribution in [2.75, 3.05) is 39.6 Å². The molecule has 0 bridgehead atoms. The molecule has 9 heteroatoms. The predicted octanol–water partition coefficient (Wildman–Crippen LogP) is 1.69. The van der Waals surface area contributed by atoms with Crippen molar-refractivity contribution in [2.45, 2.75) is 26.3 Å². The molecule has 0 aliphatic heterocycles. The SMILES string of the molecule is CC(C)NC(=O)OCCOCCOCCOC(F)(F)F. The molecule has 0 atom stereocenters. The van der Waals surface area contributed by atoms with Gasteiger partial charge in [-0.15, -0.1) is 13.2 Å². The maximum Gasteiger partial charge on any atom is 0.522 e. The lowest BCUT2D eigenvalue weighted by atomic mass is 10.4. The van der Waals surface area contributed by atoms with Crippen LogP contribution in [0.2, 0.25) is 0 Å². The lowest BCUT2D eigenvalue weighted by Gasteiger charge is -2.10. The van der Waals surface area contributed by atoms with E-state index in [-0.39, 0.29) is 39.1 Å². The van der Waals surface area contributed by atoms with E-state index in [1.165, 1.54) is 0 Å². The van der Waals surface area contributed by atoms with Crippen LogP contribution in [0.4, 0.5) is 18.0 Å². The number of amides is 1. The molecule has 20 heavy (non-hydrogen) atoms. The zero-order valence-electron chi connectivity index (χ0n) is 11.5. The number of alkyl carbamates (subject to hydrolysis) is 1. The third-order valence-electron chi connectivity index (χ3n) is 1.73. The Morgan fingerprint density at radius 2 is 1.50 bits per heavy atom. The van der Waals surface area contributed by atoms with Crippen molar-refractivity contribution >= 4 is 6.09 Å². The van der Waals surface area contributed by atoms with E-state index in [9.17, 15) is 18.0 Å². The van der Waals surface area contributed by atoms with E-state index in [0.717, 1.165) is 0 Å². The summed E-state index contributed by atoms with van der Waals surface area (Å²) in [6.07, 6.45) is -5.16. The summed E-state index contributed by atoms with van der Waals surface area (Å²) >= 11 is 0. The molecule has 0 saturated carbocycles. The molecule has 0 aliphatic carbocycles. The Labute approximate surface area is 115 Å². The monoisotopic (exact) mass is 303 g/mol. The van der Waals surface area contributed by atoms with Crippen molar-refractivity contribution in [3.8, 4) is 0 Å². The van der Waals surface area contributed by atoms with Crippen molar-refractivity contribution in [1.29, 1.82) is 0 Å². The van der Waals surface area contributed by atoms with Gasteiger partial charge in [-0.2, -0.15) is 0 Å². The molecule has 0 radical (unpaired) electrons. The Morgan fingerprint density at radius 3 is 2.00 bits per heavy atom. The van der Waals surface area contributed by atoms with Crippen molar-refractivity contribution in [3.63, 3.8) is 0 Å². The highest BCUT2D eigenvalue weighted by Gasteiger charge is 2.28. The fraction of sp³-hybridized carbons (Fsp3) is 0.909. The Bertz CT molecular complexity index is 261. The van der Waals surface area contributed by atoms with Crippen molar-refractivity contribution in [1.82, 2.24) is 5.32 Å². The molecule has 0 spiro atoms. The van der Waals surface area contributed by atoms with Gasteiger partial charge in [0.1, 0.15) is 6.61 Å². The van der Waals surface area contributed by atoms with Crippen LogP contribution in [-0.2, 0) is 18.9 Å². The van der Waals surface area contributed by atoms with Crippen LogP contribution < -0.4 is 5.32 Å². The standard InChI is InChI=1S/C11H20F3NO5/c1-9(2)15-10(16)19-7-5-17-3-4-18-6-8-20-11(12,13)14/h9H,3-8H2,1-2H3,(H,15,16). The number of nitrogens with one attached hydrogen (secondary N) is 1. The molecule has 0 rings (SSSR count). The fourth-order valence-corrected chi connectivity index (χ4v) is 1.01. The van der Waals surface area contributed by atoms with Crippen LogP contribution >= 0.6 is 0 Å². The Hall–Kier alpha value is -1.06. The number of ether oxygens (including phenoxy) is 4. The zero-order valence-corrected chi connectivity index (χ0v) is 11.5. The van der Waals surface area contributed by atoms with Crippen molar-refractivity contribution in [3.05, 3.63) is 0 Å². The quantitative estimate of drug-likeness (QED) is 0.622. The minimum absolute atomic E-state index is 0.00395. The summed E-state index contributed by atoms with van der Waals surface area (Å²) in [6, 6.07) is -0.00395. The highest BCUT2D eigenvalue weighted by Crippen LogP contribution is 2.15. The van der Waals surface area contributed by atoms with E-state index in [2.05, 4.69) is 10.1 Å². The molecule has 0 aliphatic rings. The molecule has 0 heterocycles. The van der Waals surface area contributed by atoms with Crippen LogP contribution in [0.3, 0.4) is 0 Å². The maximum absolute atomic E-state index is 11.6. The minimum Gasteiger partial charge on any atom is -0.447 e. The number of alkyl halides is 3. The van der Waals surface area contributed by atoms with Gasteiger partial charge in [-0.1, -0.05) is 0 Å². The molecule has 0 aromatic rings. The van der Waals surface area contributed by atoms with Gasteiger partial charge >= 0.3 is 12.5 Å². The van der Waals surface area contributed by atoms with E-state index in [1.807, 2.05) is 0 Å². The first-order valence-corrected chi connectivity index (χ1v) is 6.10. The summed E-state index contributed by atoms with van der Waals surface area (Å²) in [7, 11) is 0. The van der Waals surface area contributed by atoms with E-state index in [4.69, 9.17) is 14.2 Å². The number of halogens is 3. The highest BCUT2D eigenvalue weighted by atomic mass is 19.4. The van der Waals surface area contributed by atoms with E-state index in [1.54, 1.807) is 13.8 Å². The van der Waals surface area contributed by atoms with Gasteiger partial charge in [0.25, 0.3) is 0 Å². The smallest absolute Gasteiger partial charge is 0.447 e. The Morgan fingerprint density at radius 1 is 1.00 bits per heavy atom. The van der Waals surface area contributed by atoms with Gasteiger partial charge in [0.15, 0.2) is 0 Å². The zero-order chi connectivity index (χ0) is 15.4. The summed E-state index contributed by atoms with van der Waals surface area (Å²) in [5.41, 5.74) is 0. The third-order valence-corrected chi connectivity index (χ3v) is 1.73. The molecule has 0 fully saturated rings. The topological polar surface area (TPSA) is 66.0 Å². The molecule has 0 aromatic heterocycles. The predicted molar refractivity (Wildman–Crippen MR) is 63.3 cm³/mol.